The maximum atomic E-state index is 11.8. The normalized spacial score (nSPS) is 10.5. The van der Waals surface area contributed by atoms with Gasteiger partial charge in [-0.1, -0.05) is 30.3 Å². The first-order chi connectivity index (χ1) is 9.65. The number of hydrogen-bond donors (Lipinski definition) is 2. The van der Waals surface area contributed by atoms with Crippen LogP contribution in [0.5, 0.6) is 0 Å². The Hall–Kier alpha value is -1.82. The Kier molecular flexibility index (Phi) is 5.17. The van der Waals surface area contributed by atoms with E-state index in [1.165, 1.54) is 0 Å². The van der Waals surface area contributed by atoms with Crippen molar-refractivity contribution in [1.29, 1.82) is 0 Å². The lowest BCUT2D eigenvalue weighted by Gasteiger charge is -2.08. The third kappa shape index (κ3) is 4.38. The molecule has 0 saturated heterocycles. The minimum Gasteiger partial charge on any atom is -0.314 e. The maximum absolute atomic E-state index is 11.8. The summed E-state index contributed by atoms with van der Waals surface area (Å²) in [4.78, 5) is 11.8. The number of anilines is 1. The Bertz CT molecular complexity index is 624. The summed E-state index contributed by atoms with van der Waals surface area (Å²) in [7, 11) is 0. The highest BCUT2D eigenvalue weighted by Crippen LogP contribution is 2.17. The molecule has 0 unspecified atom stereocenters. The molecule has 102 valence electrons. The molecule has 2 rings (SSSR count). The Morgan fingerprint density at radius 2 is 1.90 bits per heavy atom. The molecule has 0 aliphatic rings. The van der Waals surface area contributed by atoms with E-state index < -0.39 is 0 Å². The van der Waals surface area contributed by atoms with Crippen molar-refractivity contribution in [3.8, 4) is 0 Å². The molecule has 0 fully saturated rings. The number of benzene rings is 2. The van der Waals surface area contributed by atoms with E-state index in [4.69, 9.17) is 0 Å². The number of carbonyl (C=O) groups excluding carboxylic acids is 1. The van der Waals surface area contributed by atoms with Crippen LogP contribution < -0.4 is 10.6 Å². The second-order valence-electron chi connectivity index (χ2n) is 4.30. The van der Waals surface area contributed by atoms with E-state index in [1.54, 1.807) is 6.20 Å². The van der Waals surface area contributed by atoms with Gasteiger partial charge in [0, 0.05) is 15.5 Å². The number of aryl methyl sites for hydroxylation is 1. The van der Waals surface area contributed by atoms with Gasteiger partial charge in [0.2, 0.25) is 0 Å². The van der Waals surface area contributed by atoms with Gasteiger partial charge >= 0.3 is 6.03 Å². The molecule has 0 saturated carbocycles. The molecule has 2 N–H and O–H groups in total. The number of urea groups is 1. The van der Waals surface area contributed by atoms with Gasteiger partial charge in [0.1, 0.15) is 0 Å². The molecule has 0 aliphatic heterocycles. The number of nitrogens with one attached hydrogen (secondary N) is 2. The van der Waals surface area contributed by atoms with Gasteiger partial charge in [-0.2, -0.15) is 0 Å². The molecular weight excluding hydrogens is 363 g/mol. The number of halogens is 1. The van der Waals surface area contributed by atoms with Crippen LogP contribution in [0.4, 0.5) is 10.5 Å². The second kappa shape index (κ2) is 7.09. The molecule has 0 bridgehead atoms. The predicted octanol–water partition coefficient (Wildman–Crippen LogP) is 4.39. The van der Waals surface area contributed by atoms with Gasteiger partial charge in [0.05, 0.1) is 0 Å². The first-order valence-electron chi connectivity index (χ1n) is 6.20. The summed E-state index contributed by atoms with van der Waals surface area (Å²) in [5.41, 5.74) is 2.90. The molecule has 0 aromatic heterocycles. The van der Waals surface area contributed by atoms with Gasteiger partial charge in [0.15, 0.2) is 0 Å². The average molecular weight is 378 g/mol. The predicted molar refractivity (Wildman–Crippen MR) is 91.5 cm³/mol. The third-order valence-corrected chi connectivity index (χ3v) is 3.40. The quantitative estimate of drug-likeness (QED) is 0.765. The van der Waals surface area contributed by atoms with Crippen molar-refractivity contribution in [3.63, 3.8) is 0 Å². The van der Waals surface area contributed by atoms with Gasteiger partial charge < -0.3 is 10.6 Å². The highest BCUT2D eigenvalue weighted by atomic mass is 127. The van der Waals surface area contributed by atoms with E-state index in [2.05, 4.69) is 33.2 Å². The van der Waals surface area contributed by atoms with Gasteiger partial charge in [-0.25, -0.2) is 4.79 Å². The summed E-state index contributed by atoms with van der Waals surface area (Å²) >= 11 is 2.25. The Balaban J connectivity index is 1.91. The molecule has 0 aliphatic carbocycles. The highest BCUT2D eigenvalue weighted by Gasteiger charge is 2.02. The van der Waals surface area contributed by atoms with Crippen LogP contribution >= 0.6 is 22.6 Å². The Morgan fingerprint density at radius 3 is 2.60 bits per heavy atom. The molecule has 4 heteroatoms. The average Bonchev–Trinajstić information content (AvgIpc) is 2.43. The minimum absolute atomic E-state index is 0.249. The van der Waals surface area contributed by atoms with Crippen molar-refractivity contribution >= 4 is 40.4 Å². The van der Waals surface area contributed by atoms with Crippen LogP contribution in [-0.4, -0.2) is 6.03 Å². The van der Waals surface area contributed by atoms with Crippen LogP contribution in [0.25, 0.3) is 6.08 Å². The fraction of sp³-hybridized carbons (Fsp3) is 0.0625. The van der Waals surface area contributed by atoms with E-state index in [0.29, 0.717) is 0 Å². The summed E-state index contributed by atoms with van der Waals surface area (Å²) in [5.74, 6) is 0. The Morgan fingerprint density at radius 1 is 1.15 bits per heavy atom. The molecular formula is C16H15IN2O. The first-order valence-corrected chi connectivity index (χ1v) is 7.28. The zero-order valence-corrected chi connectivity index (χ0v) is 13.2. The van der Waals surface area contributed by atoms with Crippen molar-refractivity contribution in [2.24, 2.45) is 0 Å². The largest absolute Gasteiger partial charge is 0.323 e. The van der Waals surface area contributed by atoms with E-state index >= 15 is 0 Å². The lowest BCUT2D eigenvalue weighted by Crippen LogP contribution is -2.24. The summed E-state index contributed by atoms with van der Waals surface area (Å²) in [6.45, 7) is 1.97. The summed E-state index contributed by atoms with van der Waals surface area (Å²) in [6.07, 6.45) is 3.48. The second-order valence-corrected chi connectivity index (χ2v) is 5.55. The summed E-state index contributed by atoms with van der Waals surface area (Å²) < 4.78 is 1.15. The van der Waals surface area contributed by atoms with Crippen molar-refractivity contribution in [1.82, 2.24) is 5.32 Å². The first kappa shape index (κ1) is 14.6. The van der Waals surface area contributed by atoms with E-state index in [9.17, 15) is 4.79 Å². The fourth-order valence-electron chi connectivity index (χ4n) is 1.70. The molecule has 0 atom stereocenters. The van der Waals surface area contributed by atoms with Crippen LogP contribution in [0.1, 0.15) is 11.1 Å². The molecule has 0 spiro atoms. The van der Waals surface area contributed by atoms with Crippen LogP contribution in [0, 0.1) is 10.5 Å². The lowest BCUT2D eigenvalue weighted by atomic mass is 10.2. The van der Waals surface area contributed by atoms with Crippen molar-refractivity contribution < 1.29 is 4.79 Å². The zero-order chi connectivity index (χ0) is 14.4. The van der Waals surface area contributed by atoms with Crippen LogP contribution in [-0.2, 0) is 0 Å². The molecule has 2 amide bonds. The number of hydrogen-bond acceptors (Lipinski definition) is 1. The van der Waals surface area contributed by atoms with Crippen LogP contribution in [0.2, 0.25) is 0 Å². The molecule has 20 heavy (non-hydrogen) atoms. The van der Waals surface area contributed by atoms with Crippen molar-refractivity contribution in [2.45, 2.75) is 6.92 Å². The van der Waals surface area contributed by atoms with Crippen LogP contribution in [0.15, 0.2) is 54.7 Å². The fourth-order valence-corrected chi connectivity index (χ4v) is 2.35. The Labute approximate surface area is 132 Å². The van der Waals surface area contributed by atoms with E-state index in [1.807, 2.05) is 61.5 Å². The summed E-state index contributed by atoms with van der Waals surface area (Å²) in [6, 6.07) is 15.4. The smallest absolute Gasteiger partial charge is 0.314 e. The number of rotatable bonds is 3. The number of carbonyl (C=O) groups is 1. The van der Waals surface area contributed by atoms with E-state index in [-0.39, 0.29) is 6.03 Å². The molecule has 0 heterocycles. The maximum Gasteiger partial charge on any atom is 0.323 e. The highest BCUT2D eigenvalue weighted by molar-refractivity contribution is 14.1. The van der Waals surface area contributed by atoms with Gasteiger partial charge in [-0.3, -0.25) is 0 Å². The summed E-state index contributed by atoms with van der Waals surface area (Å²) in [5, 5.41) is 5.51. The van der Waals surface area contributed by atoms with Crippen molar-refractivity contribution in [2.75, 3.05) is 5.32 Å². The SMILES string of the molecule is Cc1cc(I)ccc1NC(=O)N/C=C/c1ccccc1. The third-order valence-electron chi connectivity index (χ3n) is 2.73. The lowest BCUT2D eigenvalue weighted by molar-refractivity contribution is 0.255. The standard InChI is InChI=1S/C16H15IN2O/c1-12-11-14(17)7-8-15(12)19-16(20)18-10-9-13-5-3-2-4-6-13/h2-11H,1H3,(H2,18,19,20)/b10-9+. The number of amides is 2. The minimum atomic E-state index is -0.249. The van der Waals surface area contributed by atoms with Gasteiger partial charge in [-0.05, 0) is 64.9 Å². The molecule has 2 aromatic carbocycles. The molecule has 2 aromatic rings. The molecule has 3 nitrogen and oxygen atoms in total. The zero-order valence-electron chi connectivity index (χ0n) is 11.1. The van der Waals surface area contributed by atoms with Crippen LogP contribution in [0.3, 0.4) is 0 Å². The van der Waals surface area contributed by atoms with E-state index in [0.717, 1.165) is 20.4 Å². The molecule has 0 radical (unpaired) electrons. The monoisotopic (exact) mass is 378 g/mol. The van der Waals surface area contributed by atoms with Crippen molar-refractivity contribution in [3.05, 3.63) is 69.4 Å². The van der Waals surface area contributed by atoms with Gasteiger partial charge in [0.25, 0.3) is 0 Å². The topological polar surface area (TPSA) is 41.1 Å². The van der Waals surface area contributed by atoms with Gasteiger partial charge in [-0.15, -0.1) is 0 Å².